The van der Waals surface area contributed by atoms with Crippen LogP contribution in [0, 0.1) is 5.92 Å². The molecule has 0 radical (unpaired) electrons. The van der Waals surface area contributed by atoms with Gasteiger partial charge < -0.3 is 14.5 Å². The van der Waals surface area contributed by atoms with Gasteiger partial charge in [0.2, 0.25) is 0 Å². The monoisotopic (exact) mass is 406 g/mol. The summed E-state index contributed by atoms with van der Waals surface area (Å²) in [6.45, 7) is 7.58. The maximum absolute atomic E-state index is 12.8. The summed E-state index contributed by atoms with van der Waals surface area (Å²) in [6.07, 6.45) is 0.896. The molecule has 0 bridgehead atoms. The van der Waals surface area contributed by atoms with E-state index in [4.69, 9.17) is 9.47 Å². The van der Waals surface area contributed by atoms with Gasteiger partial charge in [-0.25, -0.2) is 0 Å². The normalized spacial score (nSPS) is 17.7. The summed E-state index contributed by atoms with van der Waals surface area (Å²) in [5, 5.41) is 1.27. The van der Waals surface area contributed by atoms with Gasteiger partial charge in [0.1, 0.15) is 11.8 Å². The molecule has 5 nitrogen and oxygen atoms in total. The van der Waals surface area contributed by atoms with E-state index in [0.717, 1.165) is 29.8 Å². The Labute approximate surface area is 178 Å². The average molecular weight is 407 g/mol. The Hall–Kier alpha value is -2.79. The summed E-state index contributed by atoms with van der Waals surface area (Å²) >= 11 is 0. The average Bonchev–Trinajstić information content (AvgIpc) is 3.13. The zero-order chi connectivity index (χ0) is 21.3. The van der Waals surface area contributed by atoms with Crippen LogP contribution < -0.4 is 4.74 Å². The van der Waals surface area contributed by atoms with Crippen LogP contribution in [0.2, 0.25) is 0 Å². The van der Waals surface area contributed by atoms with Gasteiger partial charge in [-0.15, -0.1) is 0 Å². The van der Waals surface area contributed by atoms with E-state index in [2.05, 4.69) is 60.1 Å². The molecule has 2 aromatic carbocycles. The second-order valence-corrected chi connectivity index (χ2v) is 8.17. The molecule has 0 saturated carbocycles. The number of methoxy groups -OCH3 is 1. The second kappa shape index (κ2) is 8.52. The minimum absolute atomic E-state index is 0.0525. The first-order chi connectivity index (χ1) is 14.5. The number of ether oxygens (including phenoxy) is 2. The van der Waals surface area contributed by atoms with E-state index in [1.165, 1.54) is 23.8 Å². The van der Waals surface area contributed by atoms with Crippen molar-refractivity contribution in [1.82, 2.24) is 9.88 Å². The van der Waals surface area contributed by atoms with Gasteiger partial charge in [-0.2, -0.15) is 0 Å². The highest BCUT2D eigenvalue weighted by Gasteiger charge is 2.40. The Kier molecular flexibility index (Phi) is 5.82. The van der Waals surface area contributed by atoms with Crippen molar-refractivity contribution in [1.29, 1.82) is 0 Å². The topological polar surface area (TPSA) is 54.6 Å². The van der Waals surface area contributed by atoms with Crippen molar-refractivity contribution in [2.75, 3.05) is 20.3 Å². The fraction of sp³-hybridized carbons (Fsp3) is 0.400. The molecule has 1 aliphatic heterocycles. The van der Waals surface area contributed by atoms with Crippen molar-refractivity contribution in [3.63, 3.8) is 0 Å². The molecule has 1 aliphatic rings. The van der Waals surface area contributed by atoms with Crippen molar-refractivity contribution in [3.05, 3.63) is 65.4 Å². The zero-order valence-corrected chi connectivity index (χ0v) is 18.1. The molecule has 0 fully saturated rings. The van der Waals surface area contributed by atoms with E-state index >= 15 is 0 Å². The molecule has 2 atom stereocenters. The molecule has 1 N–H and O–H groups in total. The number of para-hydroxylation sites is 1. The van der Waals surface area contributed by atoms with E-state index in [1.807, 2.05) is 19.1 Å². The van der Waals surface area contributed by atoms with Crippen molar-refractivity contribution in [2.45, 2.75) is 39.3 Å². The molecule has 1 aromatic heterocycles. The lowest BCUT2D eigenvalue weighted by Crippen LogP contribution is -2.50. The zero-order valence-electron chi connectivity index (χ0n) is 18.1. The van der Waals surface area contributed by atoms with Gasteiger partial charge in [0.25, 0.3) is 0 Å². The highest BCUT2D eigenvalue weighted by Crippen LogP contribution is 2.40. The van der Waals surface area contributed by atoms with Crippen molar-refractivity contribution < 1.29 is 14.3 Å². The molecule has 0 spiro atoms. The van der Waals surface area contributed by atoms with Gasteiger partial charge in [0.05, 0.1) is 19.8 Å². The first-order valence-electron chi connectivity index (χ1n) is 10.7. The molecular formula is C25H30N2O3. The first-order valence-corrected chi connectivity index (χ1v) is 10.7. The van der Waals surface area contributed by atoms with E-state index < -0.39 is 0 Å². The number of nitrogens with one attached hydrogen (secondary N) is 1. The van der Waals surface area contributed by atoms with Gasteiger partial charge in [-0.05, 0) is 48.6 Å². The molecule has 30 heavy (non-hydrogen) atoms. The number of nitrogens with zero attached hydrogens (tertiary/aromatic N) is 1. The van der Waals surface area contributed by atoms with Gasteiger partial charge in [-0.3, -0.25) is 9.69 Å². The number of esters is 1. The second-order valence-electron chi connectivity index (χ2n) is 8.17. The standard InChI is InChI=1S/C25H30N2O3/c1-5-30-18-12-10-17(11-13-18)24-22-20(19-8-6-7-9-21(19)26-22)14-15-27(24)23(16(2)3)25(28)29-4/h6-13,16,23-24,26H,5,14-15H2,1-4H3/t23-,24-/m1/s1. The summed E-state index contributed by atoms with van der Waals surface area (Å²) in [4.78, 5) is 18.7. The lowest BCUT2D eigenvalue weighted by Gasteiger charge is -2.41. The molecule has 0 amide bonds. The number of rotatable bonds is 6. The molecule has 4 rings (SSSR count). The number of carbonyl (C=O) groups excluding carboxylic acids is 1. The van der Waals surface area contributed by atoms with Crippen molar-refractivity contribution >= 4 is 16.9 Å². The van der Waals surface area contributed by atoms with E-state index in [1.54, 1.807) is 0 Å². The third-order valence-electron chi connectivity index (χ3n) is 6.01. The molecule has 0 unspecified atom stereocenters. The largest absolute Gasteiger partial charge is 0.494 e. The quantitative estimate of drug-likeness (QED) is 0.602. The highest BCUT2D eigenvalue weighted by atomic mass is 16.5. The Balaban J connectivity index is 1.85. The van der Waals surface area contributed by atoms with Gasteiger partial charge in [0, 0.05) is 23.1 Å². The van der Waals surface area contributed by atoms with Crippen LogP contribution in [-0.2, 0) is 16.0 Å². The number of H-pyrrole nitrogens is 1. The maximum atomic E-state index is 12.8. The number of benzene rings is 2. The van der Waals surface area contributed by atoms with E-state index in [9.17, 15) is 4.79 Å². The number of hydrogen-bond acceptors (Lipinski definition) is 4. The van der Waals surface area contributed by atoms with Crippen LogP contribution in [0.4, 0.5) is 0 Å². The van der Waals surface area contributed by atoms with Crippen LogP contribution in [0.5, 0.6) is 5.75 Å². The predicted octanol–water partition coefficient (Wildman–Crippen LogP) is 4.71. The van der Waals surface area contributed by atoms with Crippen LogP contribution in [0.15, 0.2) is 48.5 Å². The molecular weight excluding hydrogens is 376 g/mol. The molecule has 158 valence electrons. The van der Waals surface area contributed by atoms with Crippen LogP contribution >= 0.6 is 0 Å². The summed E-state index contributed by atoms with van der Waals surface area (Å²) < 4.78 is 10.8. The third-order valence-corrected chi connectivity index (χ3v) is 6.01. The number of carbonyl (C=O) groups is 1. The van der Waals surface area contributed by atoms with Crippen LogP contribution in [0.1, 0.15) is 43.6 Å². The predicted molar refractivity (Wildman–Crippen MR) is 119 cm³/mol. The van der Waals surface area contributed by atoms with E-state index in [-0.39, 0.29) is 24.0 Å². The summed E-state index contributed by atoms with van der Waals surface area (Å²) in [5.41, 5.74) is 4.79. The highest BCUT2D eigenvalue weighted by molar-refractivity contribution is 5.85. The number of hydrogen-bond donors (Lipinski definition) is 1. The maximum Gasteiger partial charge on any atom is 0.323 e. The van der Waals surface area contributed by atoms with Gasteiger partial charge >= 0.3 is 5.97 Å². The minimum atomic E-state index is -0.314. The summed E-state index contributed by atoms with van der Waals surface area (Å²) in [6, 6.07) is 16.3. The molecule has 3 aromatic rings. The fourth-order valence-electron chi connectivity index (χ4n) is 4.74. The van der Waals surface area contributed by atoms with Gasteiger partial charge in [0.15, 0.2) is 0 Å². The number of fused-ring (bicyclic) bond motifs is 3. The fourth-order valence-corrected chi connectivity index (χ4v) is 4.74. The third kappa shape index (κ3) is 3.58. The Morgan fingerprint density at radius 1 is 1.17 bits per heavy atom. The lowest BCUT2D eigenvalue weighted by atomic mass is 9.88. The summed E-state index contributed by atoms with van der Waals surface area (Å²) in [7, 11) is 1.47. The molecule has 5 heteroatoms. The smallest absolute Gasteiger partial charge is 0.323 e. The minimum Gasteiger partial charge on any atom is -0.494 e. The van der Waals surface area contributed by atoms with E-state index in [0.29, 0.717) is 6.61 Å². The molecule has 0 saturated heterocycles. The number of aromatic nitrogens is 1. The Morgan fingerprint density at radius 2 is 1.90 bits per heavy atom. The molecule has 0 aliphatic carbocycles. The Bertz CT molecular complexity index is 1020. The number of aromatic amines is 1. The van der Waals surface area contributed by atoms with Crippen LogP contribution in [0.25, 0.3) is 10.9 Å². The molecule has 2 heterocycles. The van der Waals surface area contributed by atoms with Gasteiger partial charge in [-0.1, -0.05) is 44.2 Å². The van der Waals surface area contributed by atoms with Crippen LogP contribution in [0.3, 0.4) is 0 Å². The van der Waals surface area contributed by atoms with Crippen molar-refractivity contribution in [2.24, 2.45) is 5.92 Å². The summed E-state index contributed by atoms with van der Waals surface area (Å²) in [5.74, 6) is 0.808. The first kappa shape index (κ1) is 20.5. The van der Waals surface area contributed by atoms with Crippen molar-refractivity contribution in [3.8, 4) is 5.75 Å². The Morgan fingerprint density at radius 3 is 2.57 bits per heavy atom. The SMILES string of the molecule is CCOc1ccc([C@@H]2c3[nH]c4ccccc4c3CCN2[C@@H](C(=O)OC)C(C)C)cc1. The van der Waals surface area contributed by atoms with Crippen LogP contribution in [-0.4, -0.2) is 42.2 Å². The lowest BCUT2D eigenvalue weighted by molar-refractivity contribution is -0.150.